The van der Waals surface area contributed by atoms with Gasteiger partial charge in [-0.1, -0.05) is 0 Å². The number of nitrogens with zero attached hydrogens (tertiary/aromatic N) is 1. The van der Waals surface area contributed by atoms with Crippen molar-refractivity contribution in [2.75, 3.05) is 40.4 Å². The zero-order valence-electron chi connectivity index (χ0n) is 12.5. The van der Waals surface area contributed by atoms with Crippen LogP contribution in [0, 0.1) is 5.92 Å². The summed E-state index contributed by atoms with van der Waals surface area (Å²) in [7, 11) is 3.20. The molecule has 2 rings (SSSR count). The third-order valence-electron chi connectivity index (χ3n) is 4.42. The molecule has 20 heavy (non-hydrogen) atoms. The Kier molecular flexibility index (Phi) is 7.80. The molecule has 0 aromatic rings. The molecule has 0 amide bonds. The smallest absolute Gasteiger partial charge is 0.323 e. The lowest BCUT2D eigenvalue weighted by molar-refractivity contribution is -0.151. The van der Waals surface area contributed by atoms with E-state index in [0.717, 1.165) is 39.0 Å². The normalized spacial score (nSPS) is 28.7. The summed E-state index contributed by atoms with van der Waals surface area (Å²) in [6.45, 7) is 4.14. The molecule has 5 nitrogen and oxygen atoms in total. The van der Waals surface area contributed by atoms with E-state index < -0.39 is 0 Å². The molecule has 2 aliphatic rings. The SMILES string of the molecule is COC(=O)C1CC(OC)CCN1CC1CCNCC1.Cl. The van der Waals surface area contributed by atoms with Gasteiger partial charge < -0.3 is 14.8 Å². The number of esters is 1. The first-order chi connectivity index (χ1) is 9.24. The summed E-state index contributed by atoms with van der Waals surface area (Å²) in [6.07, 6.45) is 4.37. The summed E-state index contributed by atoms with van der Waals surface area (Å²) in [5, 5.41) is 3.38. The van der Waals surface area contributed by atoms with Gasteiger partial charge in [-0.05, 0) is 44.7 Å². The number of carbonyl (C=O) groups is 1. The van der Waals surface area contributed by atoms with Crippen molar-refractivity contribution in [3.8, 4) is 0 Å². The standard InChI is InChI=1S/C14H26N2O3.ClH/c1-18-12-5-8-16(13(9-12)14(17)19-2)10-11-3-6-15-7-4-11;/h11-13,15H,3-10H2,1-2H3;1H. The predicted octanol–water partition coefficient (Wildman–Crippen LogP) is 1.06. The molecule has 2 aliphatic heterocycles. The lowest BCUT2D eigenvalue weighted by Gasteiger charge is -2.39. The molecule has 2 heterocycles. The molecular weight excluding hydrogens is 280 g/mol. The Bertz CT molecular complexity index is 298. The maximum Gasteiger partial charge on any atom is 0.323 e. The van der Waals surface area contributed by atoms with E-state index in [-0.39, 0.29) is 30.5 Å². The maximum atomic E-state index is 11.9. The van der Waals surface area contributed by atoms with Crippen LogP contribution in [0.2, 0.25) is 0 Å². The van der Waals surface area contributed by atoms with E-state index in [2.05, 4.69) is 10.2 Å². The Morgan fingerprint density at radius 1 is 1.25 bits per heavy atom. The molecule has 2 saturated heterocycles. The minimum atomic E-state index is -0.126. The van der Waals surface area contributed by atoms with E-state index in [9.17, 15) is 4.79 Å². The number of hydrogen-bond donors (Lipinski definition) is 1. The Morgan fingerprint density at radius 3 is 2.55 bits per heavy atom. The molecule has 1 N–H and O–H groups in total. The maximum absolute atomic E-state index is 11.9. The number of rotatable bonds is 4. The second kappa shape index (κ2) is 8.82. The summed E-state index contributed by atoms with van der Waals surface area (Å²) in [5.74, 6) is 0.586. The molecule has 6 heteroatoms. The van der Waals surface area contributed by atoms with Gasteiger partial charge in [-0.2, -0.15) is 0 Å². The second-order valence-corrected chi connectivity index (χ2v) is 5.61. The Labute approximate surface area is 127 Å². The summed E-state index contributed by atoms with van der Waals surface area (Å²) >= 11 is 0. The first-order valence-electron chi connectivity index (χ1n) is 7.30. The highest BCUT2D eigenvalue weighted by molar-refractivity contribution is 5.85. The second-order valence-electron chi connectivity index (χ2n) is 5.61. The predicted molar refractivity (Wildman–Crippen MR) is 80.2 cm³/mol. The Balaban J connectivity index is 0.00000200. The monoisotopic (exact) mass is 306 g/mol. The highest BCUT2D eigenvalue weighted by Gasteiger charge is 2.35. The highest BCUT2D eigenvalue weighted by Crippen LogP contribution is 2.24. The number of nitrogens with one attached hydrogen (secondary N) is 1. The molecule has 0 aromatic carbocycles. The van der Waals surface area contributed by atoms with Gasteiger partial charge in [0.15, 0.2) is 0 Å². The van der Waals surface area contributed by atoms with Gasteiger partial charge in [0.05, 0.1) is 13.2 Å². The molecule has 0 aromatic heterocycles. The van der Waals surface area contributed by atoms with Crippen molar-refractivity contribution in [2.45, 2.75) is 37.8 Å². The van der Waals surface area contributed by atoms with Crippen molar-refractivity contribution < 1.29 is 14.3 Å². The van der Waals surface area contributed by atoms with Gasteiger partial charge in [0.2, 0.25) is 0 Å². The number of ether oxygens (including phenoxy) is 2. The third-order valence-corrected chi connectivity index (χ3v) is 4.42. The van der Waals surface area contributed by atoms with Crippen LogP contribution in [-0.4, -0.2) is 63.4 Å². The van der Waals surface area contributed by atoms with E-state index in [1.54, 1.807) is 7.11 Å². The first-order valence-corrected chi connectivity index (χ1v) is 7.30. The fourth-order valence-electron chi connectivity index (χ4n) is 3.19. The van der Waals surface area contributed by atoms with Crippen LogP contribution in [0.5, 0.6) is 0 Å². The van der Waals surface area contributed by atoms with Crippen LogP contribution < -0.4 is 5.32 Å². The molecule has 0 aliphatic carbocycles. The number of carbonyl (C=O) groups excluding carboxylic acids is 1. The van der Waals surface area contributed by atoms with Crippen molar-refractivity contribution >= 4 is 18.4 Å². The number of likely N-dealkylation sites (tertiary alicyclic amines) is 1. The molecule has 0 bridgehead atoms. The number of methoxy groups -OCH3 is 2. The van der Waals surface area contributed by atoms with Crippen molar-refractivity contribution in [3.05, 3.63) is 0 Å². The van der Waals surface area contributed by atoms with Gasteiger partial charge in [0.1, 0.15) is 6.04 Å². The van der Waals surface area contributed by atoms with Crippen LogP contribution in [0.3, 0.4) is 0 Å². The van der Waals surface area contributed by atoms with Gasteiger partial charge in [0.25, 0.3) is 0 Å². The summed E-state index contributed by atoms with van der Waals surface area (Å²) in [4.78, 5) is 14.3. The van der Waals surface area contributed by atoms with E-state index in [4.69, 9.17) is 9.47 Å². The van der Waals surface area contributed by atoms with Gasteiger partial charge in [-0.25, -0.2) is 0 Å². The molecular formula is C14H27ClN2O3. The van der Waals surface area contributed by atoms with E-state index >= 15 is 0 Å². The van der Waals surface area contributed by atoms with Crippen LogP contribution in [0.25, 0.3) is 0 Å². The highest BCUT2D eigenvalue weighted by atomic mass is 35.5. The lowest BCUT2D eigenvalue weighted by Crippen LogP contribution is -2.51. The van der Waals surface area contributed by atoms with Gasteiger partial charge in [-0.3, -0.25) is 9.69 Å². The van der Waals surface area contributed by atoms with Crippen LogP contribution in [0.15, 0.2) is 0 Å². The topological polar surface area (TPSA) is 50.8 Å². The van der Waals surface area contributed by atoms with Crippen LogP contribution in [0.1, 0.15) is 25.7 Å². The van der Waals surface area contributed by atoms with Gasteiger partial charge in [-0.15, -0.1) is 12.4 Å². The average molecular weight is 307 g/mol. The van der Waals surface area contributed by atoms with Crippen molar-refractivity contribution in [1.82, 2.24) is 10.2 Å². The quantitative estimate of drug-likeness (QED) is 0.787. The minimum absolute atomic E-state index is 0. The van der Waals surface area contributed by atoms with E-state index in [0.29, 0.717) is 5.92 Å². The Morgan fingerprint density at radius 2 is 1.95 bits per heavy atom. The van der Waals surface area contributed by atoms with Crippen molar-refractivity contribution in [1.29, 1.82) is 0 Å². The van der Waals surface area contributed by atoms with Crippen molar-refractivity contribution in [2.24, 2.45) is 5.92 Å². The molecule has 0 saturated carbocycles. The lowest BCUT2D eigenvalue weighted by atomic mass is 9.93. The fourth-order valence-corrected chi connectivity index (χ4v) is 3.19. The summed E-state index contributed by atoms with van der Waals surface area (Å²) in [5.41, 5.74) is 0. The minimum Gasteiger partial charge on any atom is -0.468 e. The molecule has 2 fully saturated rings. The number of halogens is 1. The summed E-state index contributed by atoms with van der Waals surface area (Å²) < 4.78 is 10.4. The summed E-state index contributed by atoms with van der Waals surface area (Å²) in [6, 6.07) is -0.126. The number of hydrogen-bond acceptors (Lipinski definition) is 5. The van der Waals surface area contributed by atoms with Crippen molar-refractivity contribution in [3.63, 3.8) is 0 Å². The molecule has 0 radical (unpaired) electrons. The molecule has 0 spiro atoms. The fraction of sp³-hybridized carbons (Fsp3) is 0.929. The molecule has 2 unspecified atom stereocenters. The first kappa shape index (κ1) is 17.7. The zero-order chi connectivity index (χ0) is 13.7. The zero-order valence-corrected chi connectivity index (χ0v) is 13.3. The van der Waals surface area contributed by atoms with Gasteiger partial charge in [0, 0.05) is 20.2 Å². The average Bonchev–Trinajstić information content (AvgIpc) is 2.48. The van der Waals surface area contributed by atoms with Crippen LogP contribution in [0.4, 0.5) is 0 Å². The molecule has 2 atom stereocenters. The van der Waals surface area contributed by atoms with E-state index in [1.807, 2.05) is 0 Å². The van der Waals surface area contributed by atoms with Gasteiger partial charge >= 0.3 is 5.97 Å². The van der Waals surface area contributed by atoms with E-state index in [1.165, 1.54) is 20.0 Å². The molecule has 118 valence electrons. The van der Waals surface area contributed by atoms with Crippen LogP contribution in [-0.2, 0) is 14.3 Å². The number of piperidine rings is 2. The third kappa shape index (κ3) is 4.58. The van der Waals surface area contributed by atoms with Crippen LogP contribution >= 0.6 is 12.4 Å². The largest absolute Gasteiger partial charge is 0.468 e. The Hall–Kier alpha value is -0.360.